The standard InChI is InChI=1S/C23H27N3O3S/c27-22(19-7-3-1-4-8-19)26-18-30-17-21(26)23(28)25-13-11-24(12-14-25)15-16-29-20-9-5-2-6-10-20/h1-10,21H,11-18H2/t21-/m1/s1. The third kappa shape index (κ3) is 4.96. The summed E-state index contributed by atoms with van der Waals surface area (Å²) in [4.78, 5) is 31.9. The van der Waals surface area contributed by atoms with Gasteiger partial charge in [0.15, 0.2) is 0 Å². The van der Waals surface area contributed by atoms with Crippen LogP contribution >= 0.6 is 11.8 Å². The van der Waals surface area contributed by atoms with Gasteiger partial charge >= 0.3 is 0 Å². The summed E-state index contributed by atoms with van der Waals surface area (Å²) >= 11 is 1.65. The van der Waals surface area contributed by atoms with Crippen LogP contribution in [-0.4, -0.2) is 83.5 Å². The van der Waals surface area contributed by atoms with Crippen LogP contribution in [0.2, 0.25) is 0 Å². The van der Waals surface area contributed by atoms with Gasteiger partial charge in [0, 0.05) is 44.0 Å². The van der Waals surface area contributed by atoms with Crippen molar-refractivity contribution in [1.29, 1.82) is 0 Å². The molecule has 7 heteroatoms. The molecule has 0 unspecified atom stereocenters. The van der Waals surface area contributed by atoms with Crippen molar-refractivity contribution in [3.63, 3.8) is 0 Å². The summed E-state index contributed by atoms with van der Waals surface area (Å²) in [5.74, 6) is 2.14. The predicted octanol–water partition coefficient (Wildman–Crippen LogP) is 2.42. The Morgan fingerprint density at radius 1 is 0.933 bits per heavy atom. The Morgan fingerprint density at radius 3 is 2.30 bits per heavy atom. The average molecular weight is 426 g/mol. The number of hydrogen-bond donors (Lipinski definition) is 0. The van der Waals surface area contributed by atoms with Gasteiger partial charge in [0.1, 0.15) is 18.4 Å². The molecule has 0 N–H and O–H groups in total. The molecule has 158 valence electrons. The van der Waals surface area contributed by atoms with Gasteiger partial charge in [-0.15, -0.1) is 11.8 Å². The van der Waals surface area contributed by atoms with Crippen LogP contribution in [0.5, 0.6) is 5.75 Å². The van der Waals surface area contributed by atoms with Crippen LogP contribution in [-0.2, 0) is 4.79 Å². The third-order valence-corrected chi connectivity index (χ3v) is 6.56. The molecular formula is C23H27N3O3S. The maximum absolute atomic E-state index is 13.1. The normalized spacial score (nSPS) is 19.7. The Balaban J connectivity index is 1.26. The Bertz CT molecular complexity index is 841. The highest BCUT2D eigenvalue weighted by Crippen LogP contribution is 2.25. The van der Waals surface area contributed by atoms with E-state index in [1.807, 2.05) is 65.6 Å². The van der Waals surface area contributed by atoms with Crippen LogP contribution in [0.25, 0.3) is 0 Å². The van der Waals surface area contributed by atoms with Crippen molar-refractivity contribution in [1.82, 2.24) is 14.7 Å². The van der Waals surface area contributed by atoms with Gasteiger partial charge < -0.3 is 14.5 Å². The van der Waals surface area contributed by atoms with E-state index in [2.05, 4.69) is 4.90 Å². The number of para-hydroxylation sites is 1. The van der Waals surface area contributed by atoms with E-state index in [9.17, 15) is 9.59 Å². The second-order valence-electron chi connectivity index (χ2n) is 7.49. The minimum Gasteiger partial charge on any atom is -0.492 e. The number of hydrogen-bond acceptors (Lipinski definition) is 5. The van der Waals surface area contributed by atoms with Gasteiger partial charge in [0.25, 0.3) is 5.91 Å². The van der Waals surface area contributed by atoms with Crippen molar-refractivity contribution in [2.45, 2.75) is 6.04 Å². The van der Waals surface area contributed by atoms with Crippen molar-refractivity contribution >= 4 is 23.6 Å². The van der Waals surface area contributed by atoms with E-state index in [0.29, 0.717) is 36.9 Å². The molecule has 2 saturated heterocycles. The van der Waals surface area contributed by atoms with E-state index in [1.165, 1.54) is 0 Å². The molecule has 2 aliphatic rings. The topological polar surface area (TPSA) is 53.1 Å². The summed E-state index contributed by atoms with van der Waals surface area (Å²) < 4.78 is 5.78. The zero-order chi connectivity index (χ0) is 20.8. The molecule has 0 radical (unpaired) electrons. The molecule has 0 spiro atoms. The smallest absolute Gasteiger partial charge is 0.255 e. The summed E-state index contributed by atoms with van der Waals surface area (Å²) in [5.41, 5.74) is 0.640. The second kappa shape index (κ2) is 10.00. The summed E-state index contributed by atoms with van der Waals surface area (Å²) in [6.07, 6.45) is 0. The molecule has 30 heavy (non-hydrogen) atoms. The van der Waals surface area contributed by atoms with E-state index in [-0.39, 0.29) is 17.9 Å². The number of amides is 2. The van der Waals surface area contributed by atoms with Gasteiger partial charge in [-0.1, -0.05) is 36.4 Å². The fourth-order valence-corrected chi connectivity index (χ4v) is 4.95. The van der Waals surface area contributed by atoms with Crippen molar-refractivity contribution in [3.8, 4) is 5.75 Å². The first-order valence-electron chi connectivity index (χ1n) is 10.3. The minimum atomic E-state index is -0.365. The number of benzene rings is 2. The number of nitrogens with zero attached hydrogens (tertiary/aromatic N) is 3. The van der Waals surface area contributed by atoms with Gasteiger partial charge in [0.05, 0.1) is 5.88 Å². The van der Waals surface area contributed by atoms with Crippen molar-refractivity contribution in [3.05, 3.63) is 66.2 Å². The molecule has 2 heterocycles. The van der Waals surface area contributed by atoms with E-state index in [0.717, 1.165) is 25.4 Å². The summed E-state index contributed by atoms with van der Waals surface area (Å²) in [5, 5.41) is 0. The van der Waals surface area contributed by atoms with Crippen molar-refractivity contribution in [2.24, 2.45) is 0 Å². The lowest BCUT2D eigenvalue weighted by atomic mass is 10.1. The summed E-state index contributed by atoms with van der Waals surface area (Å²) in [6, 6.07) is 18.7. The van der Waals surface area contributed by atoms with Crippen molar-refractivity contribution in [2.75, 3.05) is 51.0 Å². The predicted molar refractivity (Wildman–Crippen MR) is 119 cm³/mol. The average Bonchev–Trinajstić information content (AvgIpc) is 3.30. The largest absolute Gasteiger partial charge is 0.492 e. The molecule has 2 fully saturated rings. The fourth-order valence-electron chi connectivity index (χ4n) is 3.81. The lowest BCUT2D eigenvalue weighted by Crippen LogP contribution is -2.55. The quantitative estimate of drug-likeness (QED) is 0.712. The first-order valence-corrected chi connectivity index (χ1v) is 11.5. The number of ether oxygens (including phenoxy) is 1. The Hall–Kier alpha value is -2.51. The fraction of sp³-hybridized carbons (Fsp3) is 0.391. The van der Waals surface area contributed by atoms with Crippen LogP contribution < -0.4 is 4.74 Å². The molecule has 6 nitrogen and oxygen atoms in total. The number of thioether (sulfide) groups is 1. The summed E-state index contributed by atoms with van der Waals surface area (Å²) in [6.45, 7) is 4.52. The Labute approximate surface area is 181 Å². The zero-order valence-corrected chi connectivity index (χ0v) is 17.8. The van der Waals surface area contributed by atoms with Crippen LogP contribution in [0.1, 0.15) is 10.4 Å². The number of piperazine rings is 1. The first-order chi connectivity index (χ1) is 14.7. The zero-order valence-electron chi connectivity index (χ0n) is 17.0. The molecule has 1 atom stereocenters. The second-order valence-corrected chi connectivity index (χ2v) is 8.48. The van der Waals surface area contributed by atoms with E-state index in [4.69, 9.17) is 4.74 Å². The van der Waals surface area contributed by atoms with E-state index >= 15 is 0 Å². The molecule has 2 aromatic rings. The lowest BCUT2D eigenvalue weighted by Gasteiger charge is -2.37. The molecule has 4 rings (SSSR count). The SMILES string of the molecule is O=C([C@H]1CSCN1C(=O)c1ccccc1)N1CCN(CCOc2ccccc2)CC1. The molecule has 2 aliphatic heterocycles. The van der Waals surface area contributed by atoms with E-state index in [1.54, 1.807) is 16.7 Å². The molecule has 2 aromatic carbocycles. The Morgan fingerprint density at radius 2 is 1.60 bits per heavy atom. The lowest BCUT2D eigenvalue weighted by molar-refractivity contribution is -0.136. The van der Waals surface area contributed by atoms with Crippen LogP contribution in [0.15, 0.2) is 60.7 Å². The van der Waals surface area contributed by atoms with E-state index < -0.39 is 0 Å². The molecule has 2 amide bonds. The highest BCUT2D eigenvalue weighted by Gasteiger charge is 2.38. The highest BCUT2D eigenvalue weighted by molar-refractivity contribution is 7.99. The maximum atomic E-state index is 13.1. The Kier molecular flexibility index (Phi) is 6.92. The highest BCUT2D eigenvalue weighted by atomic mass is 32.2. The molecular weight excluding hydrogens is 398 g/mol. The number of carbonyl (C=O) groups excluding carboxylic acids is 2. The van der Waals surface area contributed by atoms with Gasteiger partial charge in [-0.2, -0.15) is 0 Å². The van der Waals surface area contributed by atoms with Crippen molar-refractivity contribution < 1.29 is 14.3 Å². The van der Waals surface area contributed by atoms with Gasteiger partial charge in [0.2, 0.25) is 5.91 Å². The van der Waals surface area contributed by atoms with Crippen LogP contribution in [0.3, 0.4) is 0 Å². The molecule has 0 bridgehead atoms. The van der Waals surface area contributed by atoms with Crippen LogP contribution in [0.4, 0.5) is 0 Å². The third-order valence-electron chi connectivity index (χ3n) is 5.55. The monoisotopic (exact) mass is 425 g/mol. The van der Waals surface area contributed by atoms with Gasteiger partial charge in [-0.05, 0) is 24.3 Å². The number of rotatable bonds is 6. The number of carbonyl (C=O) groups is 2. The van der Waals surface area contributed by atoms with Gasteiger partial charge in [-0.25, -0.2) is 0 Å². The molecule has 0 aliphatic carbocycles. The maximum Gasteiger partial charge on any atom is 0.255 e. The van der Waals surface area contributed by atoms with Crippen LogP contribution in [0, 0.1) is 0 Å². The first kappa shape index (κ1) is 20.8. The van der Waals surface area contributed by atoms with Gasteiger partial charge in [-0.3, -0.25) is 14.5 Å². The summed E-state index contributed by atoms with van der Waals surface area (Å²) in [7, 11) is 0. The molecule has 0 saturated carbocycles. The molecule has 0 aromatic heterocycles. The minimum absolute atomic E-state index is 0.0596.